The molecule has 0 spiro atoms. The van der Waals surface area contributed by atoms with Crippen molar-refractivity contribution in [3.05, 3.63) is 34.9 Å². The van der Waals surface area contributed by atoms with E-state index in [1.54, 1.807) is 0 Å². The number of fused-ring (bicyclic) bond motifs is 1. The van der Waals surface area contributed by atoms with Crippen molar-refractivity contribution < 1.29 is 5.11 Å². The first kappa shape index (κ1) is 7.60. The zero-order valence-corrected chi connectivity index (χ0v) is 6.64. The fraction of sp³-hybridized carbons (Fsp3) is 0. The summed E-state index contributed by atoms with van der Waals surface area (Å²) < 4.78 is 1.20. The molecule has 0 aliphatic rings. The van der Waals surface area contributed by atoms with Gasteiger partial charge in [0.2, 0.25) is 0 Å². The van der Waals surface area contributed by atoms with Gasteiger partial charge in [-0.2, -0.15) is 0 Å². The number of pyridine rings is 1. The minimum Gasteiger partial charge on any atom is -0.506 e. The van der Waals surface area contributed by atoms with Crippen molar-refractivity contribution in [1.82, 2.24) is 9.38 Å². The summed E-state index contributed by atoms with van der Waals surface area (Å²) in [5, 5.41) is 9.12. The minimum absolute atomic E-state index is 0.00185. The standard InChI is InChI=1S/C8H7N3O2/c9-6-3-10-7-2-1-5(12)4-11(7)8(6)13/h1-4,12H,9H2. The SMILES string of the molecule is Nc1cnc2ccc(O)cn2c1=O. The minimum atomic E-state index is -0.374. The van der Waals surface area contributed by atoms with Crippen LogP contribution in [0.5, 0.6) is 5.75 Å². The first-order valence-electron chi connectivity index (χ1n) is 3.64. The van der Waals surface area contributed by atoms with Gasteiger partial charge >= 0.3 is 0 Å². The molecule has 5 nitrogen and oxygen atoms in total. The Morgan fingerprint density at radius 3 is 3.00 bits per heavy atom. The maximum absolute atomic E-state index is 11.4. The lowest BCUT2D eigenvalue weighted by Crippen LogP contribution is -2.17. The number of hydrogen-bond donors (Lipinski definition) is 2. The van der Waals surface area contributed by atoms with Crippen LogP contribution >= 0.6 is 0 Å². The summed E-state index contributed by atoms with van der Waals surface area (Å²) in [6, 6.07) is 2.99. The van der Waals surface area contributed by atoms with Gasteiger partial charge in [0.25, 0.3) is 5.56 Å². The summed E-state index contributed by atoms with van der Waals surface area (Å²) in [6.45, 7) is 0. The van der Waals surface area contributed by atoms with Gasteiger partial charge in [0.15, 0.2) is 0 Å². The molecule has 0 atom stereocenters. The maximum Gasteiger partial charge on any atom is 0.281 e. The summed E-state index contributed by atoms with van der Waals surface area (Å²) in [5.74, 6) is 0.00185. The van der Waals surface area contributed by atoms with E-state index >= 15 is 0 Å². The smallest absolute Gasteiger partial charge is 0.281 e. The Balaban J connectivity index is 2.97. The van der Waals surface area contributed by atoms with Crippen LogP contribution < -0.4 is 11.3 Å². The molecule has 0 amide bonds. The topological polar surface area (TPSA) is 80.6 Å². The largest absolute Gasteiger partial charge is 0.506 e. The van der Waals surface area contributed by atoms with Crippen LogP contribution in [-0.2, 0) is 0 Å². The zero-order valence-electron chi connectivity index (χ0n) is 6.64. The molecule has 0 aliphatic carbocycles. The monoisotopic (exact) mass is 177 g/mol. The highest BCUT2D eigenvalue weighted by Gasteiger charge is 2.00. The Morgan fingerprint density at radius 2 is 2.23 bits per heavy atom. The van der Waals surface area contributed by atoms with Gasteiger partial charge in [-0.05, 0) is 12.1 Å². The number of nitrogens with zero attached hydrogens (tertiary/aromatic N) is 2. The Morgan fingerprint density at radius 1 is 1.46 bits per heavy atom. The molecule has 2 aromatic rings. The molecule has 0 saturated heterocycles. The number of nitrogens with two attached hydrogens (primary N) is 1. The predicted octanol–water partition coefficient (Wildman–Crippen LogP) is -0.0177. The van der Waals surface area contributed by atoms with Crippen molar-refractivity contribution in [3.8, 4) is 5.75 Å². The van der Waals surface area contributed by atoms with Crippen molar-refractivity contribution in [2.45, 2.75) is 0 Å². The molecule has 3 N–H and O–H groups in total. The van der Waals surface area contributed by atoms with Crippen LogP contribution in [0.15, 0.2) is 29.3 Å². The van der Waals surface area contributed by atoms with E-state index in [0.717, 1.165) is 0 Å². The summed E-state index contributed by atoms with van der Waals surface area (Å²) in [7, 11) is 0. The van der Waals surface area contributed by atoms with Crippen molar-refractivity contribution in [2.75, 3.05) is 5.73 Å². The molecule has 0 bridgehead atoms. The molecule has 2 aromatic heterocycles. The Hall–Kier alpha value is -2.04. The molecule has 0 unspecified atom stereocenters. The van der Waals surface area contributed by atoms with Gasteiger partial charge in [-0.1, -0.05) is 0 Å². The first-order valence-corrected chi connectivity index (χ1v) is 3.64. The maximum atomic E-state index is 11.4. The van der Waals surface area contributed by atoms with E-state index in [1.807, 2.05) is 0 Å². The summed E-state index contributed by atoms with van der Waals surface area (Å²) >= 11 is 0. The van der Waals surface area contributed by atoms with Gasteiger partial charge in [-0.25, -0.2) is 4.98 Å². The summed E-state index contributed by atoms with van der Waals surface area (Å²) in [5.41, 5.74) is 5.50. The molecule has 13 heavy (non-hydrogen) atoms. The Bertz CT molecular complexity index is 513. The molecule has 0 saturated carbocycles. The van der Waals surface area contributed by atoms with Gasteiger partial charge in [-0.15, -0.1) is 0 Å². The van der Waals surface area contributed by atoms with Crippen LogP contribution in [0.25, 0.3) is 5.65 Å². The van der Waals surface area contributed by atoms with Crippen molar-refractivity contribution >= 4 is 11.3 Å². The highest BCUT2D eigenvalue weighted by Crippen LogP contribution is 2.07. The van der Waals surface area contributed by atoms with E-state index in [-0.39, 0.29) is 17.0 Å². The Labute approximate surface area is 73.1 Å². The molecule has 66 valence electrons. The number of anilines is 1. The molecule has 0 aromatic carbocycles. The number of nitrogen functional groups attached to an aromatic ring is 1. The van der Waals surface area contributed by atoms with Crippen molar-refractivity contribution in [1.29, 1.82) is 0 Å². The van der Waals surface area contributed by atoms with Gasteiger partial charge < -0.3 is 10.8 Å². The average molecular weight is 177 g/mol. The van der Waals surface area contributed by atoms with E-state index in [0.29, 0.717) is 5.65 Å². The van der Waals surface area contributed by atoms with E-state index in [1.165, 1.54) is 28.9 Å². The fourth-order valence-electron chi connectivity index (χ4n) is 1.08. The highest BCUT2D eigenvalue weighted by molar-refractivity contribution is 5.45. The molecule has 2 heterocycles. The van der Waals surface area contributed by atoms with Crippen LogP contribution in [0, 0.1) is 0 Å². The molecular formula is C8H7N3O2. The Kier molecular flexibility index (Phi) is 1.45. The molecule has 0 aliphatic heterocycles. The van der Waals surface area contributed by atoms with Gasteiger partial charge in [0.05, 0.1) is 12.4 Å². The van der Waals surface area contributed by atoms with Crippen molar-refractivity contribution in [3.63, 3.8) is 0 Å². The first-order chi connectivity index (χ1) is 6.18. The lowest BCUT2D eigenvalue weighted by Gasteiger charge is -2.00. The van der Waals surface area contributed by atoms with E-state index in [9.17, 15) is 4.79 Å². The molecule has 5 heteroatoms. The second kappa shape index (κ2) is 2.48. The number of aromatic nitrogens is 2. The van der Waals surface area contributed by atoms with Crippen LogP contribution in [0.3, 0.4) is 0 Å². The van der Waals surface area contributed by atoms with Crippen LogP contribution in [-0.4, -0.2) is 14.5 Å². The van der Waals surface area contributed by atoms with Crippen LogP contribution in [0.1, 0.15) is 0 Å². The predicted molar refractivity (Wildman–Crippen MR) is 47.5 cm³/mol. The molecule has 0 radical (unpaired) electrons. The summed E-state index contributed by atoms with van der Waals surface area (Å²) in [6.07, 6.45) is 2.58. The third-order valence-corrected chi connectivity index (χ3v) is 1.71. The lowest BCUT2D eigenvalue weighted by molar-refractivity contribution is 0.471. The van der Waals surface area contributed by atoms with Crippen LogP contribution in [0.4, 0.5) is 5.69 Å². The van der Waals surface area contributed by atoms with Gasteiger partial charge in [0, 0.05) is 0 Å². The number of hydrogen-bond acceptors (Lipinski definition) is 4. The van der Waals surface area contributed by atoms with Gasteiger partial charge in [0.1, 0.15) is 17.1 Å². The second-order valence-corrected chi connectivity index (χ2v) is 2.63. The molecule has 0 fully saturated rings. The number of rotatable bonds is 0. The van der Waals surface area contributed by atoms with Gasteiger partial charge in [-0.3, -0.25) is 9.20 Å². The normalized spacial score (nSPS) is 10.5. The third kappa shape index (κ3) is 1.10. The summed E-state index contributed by atoms with van der Waals surface area (Å²) in [4.78, 5) is 15.3. The molecular weight excluding hydrogens is 170 g/mol. The second-order valence-electron chi connectivity index (χ2n) is 2.63. The third-order valence-electron chi connectivity index (χ3n) is 1.71. The van der Waals surface area contributed by atoms with E-state index in [4.69, 9.17) is 10.8 Å². The fourth-order valence-corrected chi connectivity index (χ4v) is 1.08. The molecule has 2 rings (SSSR count). The lowest BCUT2D eigenvalue weighted by atomic mass is 10.4. The van der Waals surface area contributed by atoms with E-state index < -0.39 is 0 Å². The zero-order chi connectivity index (χ0) is 9.42. The van der Waals surface area contributed by atoms with Crippen LogP contribution in [0.2, 0.25) is 0 Å². The van der Waals surface area contributed by atoms with Crippen molar-refractivity contribution in [2.24, 2.45) is 0 Å². The average Bonchev–Trinajstić information content (AvgIpc) is 2.12. The number of aromatic hydroxyl groups is 1. The highest BCUT2D eigenvalue weighted by atomic mass is 16.3. The van der Waals surface area contributed by atoms with E-state index in [2.05, 4.69) is 4.98 Å². The quantitative estimate of drug-likeness (QED) is 0.592.